The summed E-state index contributed by atoms with van der Waals surface area (Å²) in [4.78, 5) is 22.9. The van der Waals surface area contributed by atoms with Crippen molar-refractivity contribution in [3.63, 3.8) is 0 Å². The molecule has 1 aliphatic rings. The van der Waals surface area contributed by atoms with Crippen LogP contribution in [0.5, 0.6) is 0 Å². The zero-order valence-corrected chi connectivity index (χ0v) is 13.2. The van der Waals surface area contributed by atoms with Gasteiger partial charge in [0.05, 0.1) is 13.2 Å². The number of para-hydroxylation sites is 1. The van der Waals surface area contributed by atoms with Crippen molar-refractivity contribution in [3.8, 4) is 0 Å². The second-order valence-electron chi connectivity index (χ2n) is 5.33. The minimum atomic E-state index is -0.220. The van der Waals surface area contributed by atoms with E-state index in [2.05, 4.69) is 27.1 Å². The molecule has 0 spiro atoms. The molecule has 1 aliphatic heterocycles. The fourth-order valence-corrected chi connectivity index (χ4v) is 2.57. The Kier molecular flexibility index (Phi) is 4.83. The summed E-state index contributed by atoms with van der Waals surface area (Å²) in [6.45, 7) is 4.96. The maximum absolute atomic E-state index is 12.5. The van der Waals surface area contributed by atoms with Gasteiger partial charge in [-0.25, -0.2) is 9.97 Å². The van der Waals surface area contributed by atoms with Gasteiger partial charge >= 0.3 is 0 Å². The summed E-state index contributed by atoms with van der Waals surface area (Å²) in [7, 11) is 0. The molecule has 3 rings (SSSR count). The Bertz CT molecular complexity index is 684. The fourth-order valence-electron chi connectivity index (χ4n) is 2.57. The number of aromatic nitrogens is 2. The van der Waals surface area contributed by atoms with Crippen LogP contribution in [0.2, 0.25) is 0 Å². The summed E-state index contributed by atoms with van der Waals surface area (Å²) < 4.78 is 5.34. The van der Waals surface area contributed by atoms with E-state index in [1.807, 2.05) is 24.3 Å². The van der Waals surface area contributed by atoms with E-state index < -0.39 is 0 Å². The van der Waals surface area contributed by atoms with Gasteiger partial charge in [0.1, 0.15) is 17.8 Å². The van der Waals surface area contributed by atoms with Gasteiger partial charge in [-0.05, 0) is 18.1 Å². The molecule has 0 atom stereocenters. The smallest absolute Gasteiger partial charge is 0.274 e. The monoisotopic (exact) mass is 312 g/mol. The van der Waals surface area contributed by atoms with Gasteiger partial charge in [-0.2, -0.15) is 0 Å². The molecule has 2 heterocycles. The van der Waals surface area contributed by atoms with Crippen LogP contribution in [0.1, 0.15) is 23.0 Å². The van der Waals surface area contributed by atoms with Crippen LogP contribution >= 0.6 is 0 Å². The van der Waals surface area contributed by atoms with E-state index in [1.165, 1.54) is 6.33 Å². The fraction of sp³-hybridized carbons (Fsp3) is 0.353. The van der Waals surface area contributed by atoms with Gasteiger partial charge in [-0.1, -0.05) is 25.1 Å². The Morgan fingerprint density at radius 3 is 2.83 bits per heavy atom. The lowest BCUT2D eigenvalue weighted by atomic mass is 10.1. The van der Waals surface area contributed by atoms with Gasteiger partial charge < -0.3 is 15.0 Å². The molecule has 1 saturated heterocycles. The average molecular weight is 312 g/mol. The molecular weight excluding hydrogens is 292 g/mol. The normalized spacial score (nSPS) is 14.6. The number of aryl methyl sites for hydroxylation is 1. The first-order valence-electron chi connectivity index (χ1n) is 7.82. The molecule has 6 nitrogen and oxygen atoms in total. The summed E-state index contributed by atoms with van der Waals surface area (Å²) >= 11 is 0. The van der Waals surface area contributed by atoms with Crippen molar-refractivity contribution in [1.29, 1.82) is 0 Å². The van der Waals surface area contributed by atoms with Crippen molar-refractivity contribution in [2.75, 3.05) is 36.5 Å². The number of carbonyl (C=O) groups excluding carboxylic acids is 1. The van der Waals surface area contributed by atoms with E-state index in [1.54, 1.807) is 6.07 Å². The molecule has 0 radical (unpaired) electrons. The van der Waals surface area contributed by atoms with E-state index >= 15 is 0 Å². The first-order valence-corrected chi connectivity index (χ1v) is 7.82. The molecule has 0 aliphatic carbocycles. The third kappa shape index (κ3) is 3.65. The Morgan fingerprint density at radius 2 is 2.04 bits per heavy atom. The van der Waals surface area contributed by atoms with Crippen molar-refractivity contribution in [1.82, 2.24) is 9.97 Å². The predicted molar refractivity (Wildman–Crippen MR) is 88.8 cm³/mol. The van der Waals surface area contributed by atoms with E-state index in [4.69, 9.17) is 4.74 Å². The van der Waals surface area contributed by atoms with Crippen LogP contribution in [0.15, 0.2) is 36.7 Å². The molecule has 120 valence electrons. The molecule has 1 fully saturated rings. The maximum Gasteiger partial charge on any atom is 0.274 e. The summed E-state index contributed by atoms with van der Waals surface area (Å²) in [6.07, 6.45) is 2.30. The second kappa shape index (κ2) is 7.19. The molecular formula is C17H20N4O2. The highest BCUT2D eigenvalue weighted by molar-refractivity contribution is 6.03. The average Bonchev–Trinajstić information content (AvgIpc) is 2.63. The highest BCUT2D eigenvalue weighted by Crippen LogP contribution is 2.18. The minimum absolute atomic E-state index is 0.220. The van der Waals surface area contributed by atoms with Gasteiger partial charge in [-0.15, -0.1) is 0 Å². The number of morpholine rings is 1. The van der Waals surface area contributed by atoms with Crippen LogP contribution in [0, 0.1) is 0 Å². The molecule has 0 unspecified atom stereocenters. The quantitative estimate of drug-likeness (QED) is 0.937. The number of nitrogens with zero attached hydrogens (tertiary/aromatic N) is 3. The van der Waals surface area contributed by atoms with E-state index in [0.717, 1.165) is 36.6 Å². The van der Waals surface area contributed by atoms with Gasteiger partial charge in [0.2, 0.25) is 0 Å². The lowest BCUT2D eigenvalue weighted by molar-refractivity contribution is 0.102. The SMILES string of the molecule is CCc1ccccc1NC(=O)c1cc(N2CCOCC2)ncn1. The van der Waals surface area contributed by atoms with Gasteiger partial charge in [0.25, 0.3) is 5.91 Å². The highest BCUT2D eigenvalue weighted by atomic mass is 16.5. The van der Waals surface area contributed by atoms with Crippen LogP contribution in [-0.2, 0) is 11.2 Å². The lowest BCUT2D eigenvalue weighted by Gasteiger charge is -2.27. The number of hydrogen-bond donors (Lipinski definition) is 1. The van der Waals surface area contributed by atoms with Crippen LogP contribution in [0.25, 0.3) is 0 Å². The molecule has 6 heteroatoms. The van der Waals surface area contributed by atoms with Crippen molar-refractivity contribution >= 4 is 17.4 Å². The van der Waals surface area contributed by atoms with E-state index in [-0.39, 0.29) is 5.91 Å². The van der Waals surface area contributed by atoms with Crippen molar-refractivity contribution < 1.29 is 9.53 Å². The lowest BCUT2D eigenvalue weighted by Crippen LogP contribution is -2.37. The minimum Gasteiger partial charge on any atom is -0.378 e. The molecule has 2 aromatic rings. The number of ether oxygens (including phenoxy) is 1. The number of anilines is 2. The van der Waals surface area contributed by atoms with Crippen LogP contribution in [0.3, 0.4) is 0 Å². The van der Waals surface area contributed by atoms with Crippen LogP contribution in [-0.4, -0.2) is 42.2 Å². The largest absolute Gasteiger partial charge is 0.378 e. The van der Waals surface area contributed by atoms with Gasteiger partial charge in [-0.3, -0.25) is 4.79 Å². The first kappa shape index (κ1) is 15.4. The maximum atomic E-state index is 12.5. The third-order valence-corrected chi connectivity index (χ3v) is 3.87. The molecule has 1 amide bonds. The zero-order valence-electron chi connectivity index (χ0n) is 13.2. The summed E-state index contributed by atoms with van der Waals surface area (Å²) in [5.41, 5.74) is 2.29. The molecule has 1 aromatic carbocycles. The topological polar surface area (TPSA) is 67.4 Å². The van der Waals surface area contributed by atoms with Crippen molar-refractivity contribution in [2.24, 2.45) is 0 Å². The number of hydrogen-bond acceptors (Lipinski definition) is 5. The highest BCUT2D eigenvalue weighted by Gasteiger charge is 2.16. The van der Waals surface area contributed by atoms with Gasteiger partial charge in [0, 0.05) is 24.8 Å². The first-order chi connectivity index (χ1) is 11.3. The van der Waals surface area contributed by atoms with E-state index in [9.17, 15) is 4.79 Å². The predicted octanol–water partition coefficient (Wildman–Crippen LogP) is 2.13. The zero-order chi connectivity index (χ0) is 16.1. The van der Waals surface area contributed by atoms with Gasteiger partial charge in [0.15, 0.2) is 0 Å². The summed E-state index contributed by atoms with van der Waals surface area (Å²) in [5, 5.41) is 2.94. The Balaban J connectivity index is 1.77. The number of rotatable bonds is 4. The van der Waals surface area contributed by atoms with Crippen molar-refractivity contribution in [2.45, 2.75) is 13.3 Å². The number of amides is 1. The number of carbonyl (C=O) groups is 1. The Morgan fingerprint density at radius 1 is 1.26 bits per heavy atom. The molecule has 0 bridgehead atoms. The Labute approximate surface area is 135 Å². The Hall–Kier alpha value is -2.47. The molecule has 1 N–H and O–H groups in total. The second-order valence-corrected chi connectivity index (χ2v) is 5.33. The molecule has 1 aromatic heterocycles. The third-order valence-electron chi connectivity index (χ3n) is 3.87. The standard InChI is InChI=1S/C17H20N4O2/c1-2-13-5-3-4-6-14(13)20-17(22)15-11-16(19-12-18-15)21-7-9-23-10-8-21/h3-6,11-12H,2,7-10H2,1H3,(H,20,22). The summed E-state index contributed by atoms with van der Waals surface area (Å²) in [6, 6.07) is 9.52. The summed E-state index contributed by atoms with van der Waals surface area (Å²) in [5.74, 6) is 0.542. The van der Waals surface area contributed by atoms with Crippen LogP contribution < -0.4 is 10.2 Å². The van der Waals surface area contributed by atoms with E-state index in [0.29, 0.717) is 18.9 Å². The number of benzene rings is 1. The van der Waals surface area contributed by atoms with Crippen LogP contribution in [0.4, 0.5) is 11.5 Å². The van der Waals surface area contributed by atoms with Crippen molar-refractivity contribution in [3.05, 3.63) is 47.9 Å². The molecule has 23 heavy (non-hydrogen) atoms. The number of nitrogens with one attached hydrogen (secondary N) is 1. The molecule has 0 saturated carbocycles.